The summed E-state index contributed by atoms with van der Waals surface area (Å²) in [5.74, 6) is -0.694. The average molecular weight is 419 g/mol. The Labute approximate surface area is 176 Å². The lowest BCUT2D eigenvalue weighted by Gasteiger charge is -2.12. The predicted octanol–water partition coefficient (Wildman–Crippen LogP) is 5.19. The second kappa shape index (κ2) is 8.04. The Morgan fingerprint density at radius 1 is 1.10 bits per heavy atom. The lowest BCUT2D eigenvalue weighted by Crippen LogP contribution is -2.27. The first-order valence-electron chi connectivity index (χ1n) is 9.16. The summed E-state index contributed by atoms with van der Waals surface area (Å²) in [6.45, 7) is 2.16. The molecule has 1 fully saturated rings. The van der Waals surface area contributed by atoms with E-state index in [1.165, 1.54) is 17.0 Å². The summed E-state index contributed by atoms with van der Waals surface area (Å²) in [6, 6.07) is 17.4. The van der Waals surface area contributed by atoms with Gasteiger partial charge in [-0.25, -0.2) is 4.79 Å². The maximum atomic E-state index is 12.7. The van der Waals surface area contributed by atoms with Gasteiger partial charge in [-0.15, -0.1) is 0 Å². The van der Waals surface area contributed by atoms with Crippen molar-refractivity contribution in [2.45, 2.75) is 13.5 Å². The Bertz CT molecular complexity index is 1190. The van der Waals surface area contributed by atoms with Crippen LogP contribution in [0.25, 0.3) is 17.4 Å². The largest absolute Gasteiger partial charge is 0.478 e. The van der Waals surface area contributed by atoms with Crippen LogP contribution in [0, 0.1) is 6.92 Å². The van der Waals surface area contributed by atoms with Gasteiger partial charge in [0.1, 0.15) is 11.5 Å². The molecule has 2 aromatic carbocycles. The summed E-state index contributed by atoms with van der Waals surface area (Å²) >= 11 is 0.858. The molecule has 4 rings (SSSR count). The van der Waals surface area contributed by atoms with Crippen molar-refractivity contribution >= 4 is 35.0 Å². The first kappa shape index (κ1) is 19.7. The van der Waals surface area contributed by atoms with Crippen molar-refractivity contribution < 1.29 is 23.9 Å². The molecule has 0 aliphatic carbocycles. The van der Waals surface area contributed by atoms with Crippen LogP contribution in [0.2, 0.25) is 0 Å². The van der Waals surface area contributed by atoms with Gasteiger partial charge in [0.15, 0.2) is 0 Å². The monoisotopic (exact) mass is 419 g/mol. The maximum absolute atomic E-state index is 12.7. The van der Waals surface area contributed by atoms with Gasteiger partial charge in [0.25, 0.3) is 11.1 Å². The standard InChI is InChI=1S/C23H17NO5S/c1-14-5-4-6-15(11-14)13-24-21(25)20(30-23(24)28)12-16-9-10-19(29-16)17-7-2-3-8-18(17)22(26)27/h2-12H,13H2,1H3,(H,26,27)/b20-12-. The van der Waals surface area contributed by atoms with E-state index in [1.807, 2.05) is 31.2 Å². The van der Waals surface area contributed by atoms with Crippen molar-refractivity contribution in [2.24, 2.45) is 0 Å². The molecular weight excluding hydrogens is 402 g/mol. The molecule has 0 spiro atoms. The summed E-state index contributed by atoms with van der Waals surface area (Å²) in [4.78, 5) is 38.0. The fraction of sp³-hybridized carbons (Fsp3) is 0.0870. The molecule has 6 nitrogen and oxygen atoms in total. The zero-order valence-electron chi connectivity index (χ0n) is 16.0. The minimum Gasteiger partial charge on any atom is -0.478 e. The quantitative estimate of drug-likeness (QED) is 0.573. The first-order valence-corrected chi connectivity index (χ1v) is 9.97. The number of furan rings is 1. The fourth-order valence-corrected chi connectivity index (χ4v) is 4.04. The second-order valence-electron chi connectivity index (χ2n) is 6.81. The number of aryl methyl sites for hydroxylation is 1. The summed E-state index contributed by atoms with van der Waals surface area (Å²) in [5.41, 5.74) is 2.50. The third kappa shape index (κ3) is 3.92. The number of hydrogen-bond donors (Lipinski definition) is 1. The maximum Gasteiger partial charge on any atom is 0.336 e. The Balaban J connectivity index is 1.57. The van der Waals surface area contributed by atoms with Gasteiger partial charge < -0.3 is 9.52 Å². The zero-order chi connectivity index (χ0) is 21.3. The number of aromatic carboxylic acids is 1. The van der Waals surface area contributed by atoms with Gasteiger partial charge in [0.2, 0.25) is 0 Å². The van der Waals surface area contributed by atoms with E-state index in [0.717, 1.165) is 22.9 Å². The van der Waals surface area contributed by atoms with E-state index in [-0.39, 0.29) is 28.2 Å². The number of rotatable bonds is 5. The van der Waals surface area contributed by atoms with Gasteiger partial charge in [-0.1, -0.05) is 48.0 Å². The molecule has 0 unspecified atom stereocenters. The summed E-state index contributed by atoms with van der Waals surface area (Å²) in [5, 5.41) is 9.01. The van der Waals surface area contributed by atoms with E-state index in [9.17, 15) is 19.5 Å². The van der Waals surface area contributed by atoms with E-state index in [0.29, 0.717) is 17.1 Å². The van der Waals surface area contributed by atoms with Crippen LogP contribution in [-0.4, -0.2) is 27.1 Å². The number of nitrogens with zero attached hydrogens (tertiary/aromatic N) is 1. The van der Waals surface area contributed by atoms with Gasteiger partial charge in [0.05, 0.1) is 17.0 Å². The number of imide groups is 1. The molecule has 1 aliphatic heterocycles. The molecule has 150 valence electrons. The minimum atomic E-state index is -1.05. The van der Waals surface area contributed by atoms with Gasteiger partial charge in [-0.05, 0) is 42.4 Å². The van der Waals surface area contributed by atoms with Crippen LogP contribution < -0.4 is 0 Å². The molecule has 0 radical (unpaired) electrons. The van der Waals surface area contributed by atoms with Crippen molar-refractivity contribution in [3.8, 4) is 11.3 Å². The van der Waals surface area contributed by atoms with Crippen molar-refractivity contribution in [1.82, 2.24) is 4.90 Å². The number of thioether (sulfide) groups is 1. The number of carbonyl (C=O) groups is 3. The molecule has 0 bridgehead atoms. The molecule has 2 amide bonds. The molecule has 0 atom stereocenters. The SMILES string of the molecule is Cc1cccc(CN2C(=O)S/C(=C\c3ccc(-c4ccccc4C(=O)O)o3)C2=O)c1. The Morgan fingerprint density at radius 3 is 2.67 bits per heavy atom. The third-order valence-electron chi connectivity index (χ3n) is 4.62. The summed E-state index contributed by atoms with van der Waals surface area (Å²) in [7, 11) is 0. The van der Waals surface area contributed by atoms with Crippen molar-refractivity contribution in [1.29, 1.82) is 0 Å². The van der Waals surface area contributed by atoms with Crippen LogP contribution in [-0.2, 0) is 11.3 Å². The summed E-state index contributed by atoms with van der Waals surface area (Å²) in [6.07, 6.45) is 1.51. The molecule has 2 heterocycles. The van der Waals surface area contributed by atoms with E-state index in [4.69, 9.17) is 4.42 Å². The number of carbonyl (C=O) groups excluding carboxylic acids is 2. The molecule has 0 saturated carbocycles. The highest BCUT2D eigenvalue weighted by molar-refractivity contribution is 8.18. The van der Waals surface area contributed by atoms with Crippen LogP contribution in [0.5, 0.6) is 0 Å². The highest BCUT2D eigenvalue weighted by atomic mass is 32.2. The van der Waals surface area contributed by atoms with Crippen molar-refractivity contribution in [3.05, 3.63) is 88.0 Å². The van der Waals surface area contributed by atoms with Gasteiger partial charge in [-0.2, -0.15) is 0 Å². The van der Waals surface area contributed by atoms with Crippen LogP contribution in [0.1, 0.15) is 27.2 Å². The first-order chi connectivity index (χ1) is 14.4. The molecule has 1 aromatic heterocycles. The van der Waals surface area contributed by atoms with Crippen molar-refractivity contribution in [2.75, 3.05) is 0 Å². The number of carboxylic acids is 1. The molecular formula is C23H17NO5S. The van der Waals surface area contributed by atoms with Crippen LogP contribution in [0.15, 0.2) is 70.0 Å². The van der Waals surface area contributed by atoms with E-state index < -0.39 is 5.97 Å². The number of benzene rings is 2. The van der Waals surface area contributed by atoms with Gasteiger partial charge >= 0.3 is 5.97 Å². The lowest BCUT2D eigenvalue weighted by atomic mass is 10.1. The molecule has 3 aromatic rings. The van der Waals surface area contributed by atoms with E-state index in [2.05, 4.69) is 0 Å². The molecule has 7 heteroatoms. The van der Waals surface area contributed by atoms with Crippen LogP contribution in [0.4, 0.5) is 4.79 Å². The summed E-state index contributed by atoms with van der Waals surface area (Å²) < 4.78 is 5.74. The fourth-order valence-electron chi connectivity index (χ4n) is 3.22. The Morgan fingerprint density at radius 2 is 1.90 bits per heavy atom. The highest BCUT2D eigenvalue weighted by Crippen LogP contribution is 2.34. The topological polar surface area (TPSA) is 87.8 Å². The zero-order valence-corrected chi connectivity index (χ0v) is 16.8. The Hall–Kier alpha value is -3.58. The number of amides is 2. The Kier molecular flexibility index (Phi) is 5.29. The predicted molar refractivity (Wildman–Crippen MR) is 114 cm³/mol. The number of hydrogen-bond acceptors (Lipinski definition) is 5. The van der Waals surface area contributed by atoms with Crippen LogP contribution in [0.3, 0.4) is 0 Å². The van der Waals surface area contributed by atoms with E-state index in [1.54, 1.807) is 30.3 Å². The van der Waals surface area contributed by atoms with Gasteiger partial charge in [-0.3, -0.25) is 14.5 Å². The second-order valence-corrected chi connectivity index (χ2v) is 7.80. The molecule has 1 saturated heterocycles. The van der Waals surface area contributed by atoms with Crippen LogP contribution >= 0.6 is 11.8 Å². The lowest BCUT2D eigenvalue weighted by molar-refractivity contribution is -0.123. The third-order valence-corrected chi connectivity index (χ3v) is 5.53. The average Bonchev–Trinajstić information content (AvgIpc) is 3.28. The minimum absolute atomic E-state index is 0.122. The van der Waals surface area contributed by atoms with E-state index >= 15 is 0 Å². The van der Waals surface area contributed by atoms with Gasteiger partial charge in [0, 0.05) is 11.6 Å². The smallest absolute Gasteiger partial charge is 0.336 e. The highest BCUT2D eigenvalue weighted by Gasteiger charge is 2.35. The molecule has 1 N–H and O–H groups in total. The normalized spacial score (nSPS) is 15.2. The molecule has 30 heavy (non-hydrogen) atoms. The molecule has 1 aliphatic rings. The van der Waals surface area contributed by atoms with Crippen molar-refractivity contribution in [3.63, 3.8) is 0 Å². The number of carboxylic acid groups (broad SMARTS) is 1.